The summed E-state index contributed by atoms with van der Waals surface area (Å²) in [7, 11) is 1.55. The van der Waals surface area contributed by atoms with Crippen LogP contribution < -0.4 is 20.2 Å². The Kier molecular flexibility index (Phi) is 7.86. The molecule has 2 N–H and O–H groups in total. The molecule has 2 rings (SSSR count). The molecule has 2 amide bonds. The number of anilines is 1. The van der Waals surface area contributed by atoms with Crippen LogP contribution in [0.25, 0.3) is 0 Å². The van der Waals surface area contributed by atoms with Gasteiger partial charge in [-0.3, -0.25) is 19.7 Å². The largest absolute Gasteiger partial charge is 0.497 e. The molecule has 30 heavy (non-hydrogen) atoms. The van der Waals surface area contributed by atoms with Crippen molar-refractivity contribution in [2.45, 2.75) is 20.3 Å². The van der Waals surface area contributed by atoms with E-state index < -0.39 is 16.7 Å². The molecule has 0 aromatic heterocycles. The highest BCUT2D eigenvalue weighted by Gasteiger charge is 2.12. The fourth-order valence-electron chi connectivity index (χ4n) is 2.34. The molecular formula is C20H22N4O6. The van der Waals surface area contributed by atoms with Gasteiger partial charge in [-0.25, -0.2) is 5.43 Å². The van der Waals surface area contributed by atoms with E-state index in [1.54, 1.807) is 51.3 Å². The summed E-state index contributed by atoms with van der Waals surface area (Å²) < 4.78 is 10.4. The number of benzene rings is 2. The lowest BCUT2D eigenvalue weighted by atomic mass is 10.1. The Morgan fingerprint density at radius 1 is 1.10 bits per heavy atom. The lowest BCUT2D eigenvalue weighted by Crippen LogP contribution is -2.26. The van der Waals surface area contributed by atoms with Crippen molar-refractivity contribution in [3.05, 3.63) is 58.1 Å². The van der Waals surface area contributed by atoms with Crippen LogP contribution in [0.4, 0.5) is 11.4 Å². The smallest absolute Gasteiger partial charge is 0.277 e. The van der Waals surface area contributed by atoms with E-state index in [0.717, 1.165) is 0 Å². The first-order chi connectivity index (χ1) is 14.3. The highest BCUT2D eigenvalue weighted by atomic mass is 16.6. The van der Waals surface area contributed by atoms with Crippen LogP contribution >= 0.6 is 0 Å². The third-order valence-electron chi connectivity index (χ3n) is 3.92. The lowest BCUT2D eigenvalue weighted by molar-refractivity contribution is -0.384. The molecule has 0 spiro atoms. The van der Waals surface area contributed by atoms with E-state index in [1.165, 1.54) is 12.1 Å². The van der Waals surface area contributed by atoms with Gasteiger partial charge in [0, 0.05) is 17.8 Å². The minimum atomic E-state index is -0.536. The molecule has 0 saturated carbocycles. The number of hydrogen-bond donors (Lipinski definition) is 2. The highest BCUT2D eigenvalue weighted by Crippen LogP contribution is 2.22. The Morgan fingerprint density at radius 3 is 2.40 bits per heavy atom. The van der Waals surface area contributed by atoms with Crippen molar-refractivity contribution < 1.29 is 24.0 Å². The van der Waals surface area contributed by atoms with Gasteiger partial charge in [0.2, 0.25) is 5.91 Å². The first-order valence-electron chi connectivity index (χ1n) is 8.92. The fraction of sp³-hybridized carbons (Fsp3) is 0.250. The number of hydrazone groups is 1. The van der Waals surface area contributed by atoms with Crippen LogP contribution in [0.5, 0.6) is 11.5 Å². The number of carbonyl (C=O) groups excluding carboxylic acids is 2. The number of hydrogen-bond acceptors (Lipinski definition) is 7. The van der Waals surface area contributed by atoms with Gasteiger partial charge in [0.1, 0.15) is 11.5 Å². The summed E-state index contributed by atoms with van der Waals surface area (Å²) in [6.07, 6.45) is -0.0955. The van der Waals surface area contributed by atoms with Gasteiger partial charge >= 0.3 is 0 Å². The van der Waals surface area contributed by atoms with Crippen molar-refractivity contribution >= 4 is 28.9 Å². The molecule has 0 aliphatic rings. The average molecular weight is 414 g/mol. The molecule has 10 nitrogen and oxygen atoms in total. The van der Waals surface area contributed by atoms with E-state index in [2.05, 4.69) is 15.8 Å². The number of non-ortho nitro benzene ring substituents is 1. The molecule has 0 unspecified atom stereocenters. The SMILES string of the molecule is COc1ccc(OCC(=O)NN=C(C)CC(=O)Nc2cc([N+](=O)[O-])ccc2C)cc1. The van der Waals surface area contributed by atoms with Gasteiger partial charge in [-0.1, -0.05) is 6.07 Å². The molecule has 2 aromatic rings. The summed E-state index contributed by atoms with van der Waals surface area (Å²) in [6, 6.07) is 11.0. The number of amides is 2. The summed E-state index contributed by atoms with van der Waals surface area (Å²) in [4.78, 5) is 34.3. The second-order valence-electron chi connectivity index (χ2n) is 6.33. The Bertz CT molecular complexity index is 956. The molecule has 0 heterocycles. The Hall–Kier alpha value is -3.95. The summed E-state index contributed by atoms with van der Waals surface area (Å²) in [5.41, 5.74) is 3.58. The number of methoxy groups -OCH3 is 1. The summed E-state index contributed by atoms with van der Waals surface area (Å²) >= 11 is 0. The van der Waals surface area contributed by atoms with Gasteiger partial charge in [0.25, 0.3) is 11.6 Å². The number of rotatable bonds is 9. The minimum Gasteiger partial charge on any atom is -0.497 e. The molecule has 0 fully saturated rings. The molecule has 158 valence electrons. The second kappa shape index (κ2) is 10.6. The standard InChI is InChI=1S/C20H22N4O6/c1-13-4-5-15(24(27)28)11-18(13)21-19(25)10-14(2)22-23-20(26)12-30-17-8-6-16(29-3)7-9-17/h4-9,11H,10,12H2,1-3H3,(H,21,25)(H,23,26). The first-order valence-corrected chi connectivity index (χ1v) is 8.92. The maximum Gasteiger partial charge on any atom is 0.277 e. The quantitative estimate of drug-likeness (QED) is 0.368. The zero-order chi connectivity index (χ0) is 22.1. The fourth-order valence-corrected chi connectivity index (χ4v) is 2.34. The van der Waals surface area contributed by atoms with Crippen molar-refractivity contribution in [3.63, 3.8) is 0 Å². The highest BCUT2D eigenvalue weighted by molar-refractivity contribution is 6.06. The van der Waals surface area contributed by atoms with Crippen molar-refractivity contribution in [2.24, 2.45) is 5.10 Å². The van der Waals surface area contributed by atoms with Gasteiger partial charge < -0.3 is 14.8 Å². The van der Waals surface area contributed by atoms with E-state index in [-0.39, 0.29) is 18.7 Å². The van der Waals surface area contributed by atoms with Crippen molar-refractivity contribution in [1.29, 1.82) is 0 Å². The zero-order valence-corrected chi connectivity index (χ0v) is 16.8. The van der Waals surface area contributed by atoms with Crippen LogP contribution in [-0.4, -0.2) is 36.2 Å². The molecule has 0 radical (unpaired) electrons. The van der Waals surface area contributed by atoms with E-state index in [9.17, 15) is 19.7 Å². The summed E-state index contributed by atoms with van der Waals surface area (Å²) in [5, 5.41) is 17.3. The Labute approximate surface area is 173 Å². The zero-order valence-electron chi connectivity index (χ0n) is 16.8. The number of carbonyl (C=O) groups is 2. The molecule has 0 saturated heterocycles. The topological polar surface area (TPSA) is 132 Å². The van der Waals surface area contributed by atoms with Crippen LogP contribution in [-0.2, 0) is 9.59 Å². The lowest BCUT2D eigenvalue weighted by Gasteiger charge is -2.09. The van der Waals surface area contributed by atoms with Crippen molar-refractivity contribution in [3.8, 4) is 11.5 Å². The van der Waals surface area contributed by atoms with Crippen LogP contribution in [0.3, 0.4) is 0 Å². The van der Waals surface area contributed by atoms with E-state index in [0.29, 0.717) is 28.5 Å². The summed E-state index contributed by atoms with van der Waals surface area (Å²) in [5.74, 6) is 0.271. The maximum absolute atomic E-state index is 12.2. The monoisotopic (exact) mass is 414 g/mol. The number of nitrogens with one attached hydrogen (secondary N) is 2. The third-order valence-corrected chi connectivity index (χ3v) is 3.92. The van der Waals surface area contributed by atoms with E-state index >= 15 is 0 Å². The van der Waals surface area contributed by atoms with E-state index in [1.807, 2.05) is 0 Å². The molecule has 0 aliphatic carbocycles. The number of ether oxygens (including phenoxy) is 2. The molecule has 10 heteroatoms. The number of nitrogens with zero attached hydrogens (tertiary/aromatic N) is 2. The van der Waals surface area contributed by atoms with Gasteiger partial charge in [0.05, 0.1) is 24.1 Å². The average Bonchev–Trinajstić information content (AvgIpc) is 2.72. The number of nitro groups is 1. The predicted octanol–water partition coefficient (Wildman–Crippen LogP) is 2.81. The number of aryl methyl sites for hydroxylation is 1. The van der Waals surface area contributed by atoms with Crippen molar-refractivity contribution in [2.75, 3.05) is 19.0 Å². The molecule has 0 bridgehead atoms. The van der Waals surface area contributed by atoms with Gasteiger partial charge in [-0.2, -0.15) is 5.10 Å². The van der Waals surface area contributed by atoms with Gasteiger partial charge in [-0.05, 0) is 43.7 Å². The third kappa shape index (κ3) is 6.89. The second-order valence-corrected chi connectivity index (χ2v) is 6.33. The first kappa shape index (κ1) is 22.3. The van der Waals surface area contributed by atoms with Gasteiger partial charge in [0.15, 0.2) is 6.61 Å². The number of nitro benzene ring substituents is 1. The maximum atomic E-state index is 12.2. The molecule has 2 aromatic carbocycles. The van der Waals surface area contributed by atoms with Crippen LogP contribution in [0.15, 0.2) is 47.6 Å². The minimum absolute atomic E-state index is 0.0955. The Balaban J connectivity index is 1.82. The van der Waals surface area contributed by atoms with Gasteiger partial charge in [-0.15, -0.1) is 0 Å². The Morgan fingerprint density at radius 2 is 1.77 bits per heavy atom. The molecule has 0 aliphatic heterocycles. The van der Waals surface area contributed by atoms with Crippen LogP contribution in [0.1, 0.15) is 18.9 Å². The molecular weight excluding hydrogens is 392 g/mol. The summed E-state index contributed by atoms with van der Waals surface area (Å²) in [6.45, 7) is 3.05. The van der Waals surface area contributed by atoms with E-state index in [4.69, 9.17) is 9.47 Å². The van der Waals surface area contributed by atoms with Crippen LogP contribution in [0, 0.1) is 17.0 Å². The normalized spacial score (nSPS) is 10.8. The van der Waals surface area contributed by atoms with Crippen LogP contribution in [0.2, 0.25) is 0 Å². The van der Waals surface area contributed by atoms with Crippen molar-refractivity contribution in [1.82, 2.24) is 5.43 Å². The molecule has 0 atom stereocenters. The predicted molar refractivity (Wildman–Crippen MR) is 111 cm³/mol.